The second kappa shape index (κ2) is 6.03. The summed E-state index contributed by atoms with van der Waals surface area (Å²) in [5.74, 6) is 0.953. The van der Waals surface area contributed by atoms with Crippen molar-refractivity contribution in [2.75, 3.05) is 13.2 Å². The summed E-state index contributed by atoms with van der Waals surface area (Å²) in [5.41, 5.74) is 0. The number of ether oxygens (including phenoxy) is 1. The van der Waals surface area contributed by atoms with Gasteiger partial charge in [-0.25, -0.2) is 0 Å². The zero-order valence-corrected chi connectivity index (χ0v) is 10.4. The van der Waals surface area contributed by atoms with Crippen LogP contribution in [0.3, 0.4) is 0 Å². The highest BCUT2D eigenvalue weighted by Gasteiger charge is 2.21. The first kappa shape index (κ1) is 12.4. The molecule has 1 aliphatic heterocycles. The molecular weight excluding hydrogens is 238 g/mol. The first-order chi connectivity index (χ1) is 8.25. The van der Waals surface area contributed by atoms with Crippen molar-refractivity contribution in [1.29, 1.82) is 0 Å². The SMILES string of the molecule is O=C(CCOc1cccc(Cl)c1)C1CCCN1. The molecule has 1 unspecified atom stereocenters. The first-order valence-corrected chi connectivity index (χ1v) is 6.28. The maximum Gasteiger partial charge on any atom is 0.153 e. The number of halogens is 1. The van der Waals surface area contributed by atoms with Crippen molar-refractivity contribution in [3.8, 4) is 5.75 Å². The minimum absolute atomic E-state index is 0.0398. The van der Waals surface area contributed by atoms with E-state index in [0.29, 0.717) is 23.8 Å². The fourth-order valence-corrected chi connectivity index (χ4v) is 2.14. The molecule has 0 aromatic heterocycles. The molecule has 1 aliphatic rings. The third-order valence-corrected chi connectivity index (χ3v) is 3.10. The van der Waals surface area contributed by atoms with E-state index in [1.807, 2.05) is 12.1 Å². The molecule has 1 aromatic carbocycles. The van der Waals surface area contributed by atoms with Crippen LogP contribution in [-0.4, -0.2) is 25.0 Å². The number of carbonyl (C=O) groups excluding carboxylic acids is 1. The number of benzene rings is 1. The highest BCUT2D eigenvalue weighted by molar-refractivity contribution is 6.30. The van der Waals surface area contributed by atoms with Gasteiger partial charge in [0.2, 0.25) is 0 Å². The molecule has 4 heteroatoms. The standard InChI is InChI=1S/C13H16ClNO2/c14-10-3-1-4-11(9-10)17-8-6-13(16)12-5-2-7-15-12/h1,3-4,9,12,15H,2,5-8H2. The number of hydrogen-bond donors (Lipinski definition) is 1. The van der Waals surface area contributed by atoms with Crippen molar-refractivity contribution in [1.82, 2.24) is 5.32 Å². The van der Waals surface area contributed by atoms with Crippen molar-refractivity contribution in [3.05, 3.63) is 29.3 Å². The van der Waals surface area contributed by atoms with Crippen LogP contribution < -0.4 is 10.1 Å². The van der Waals surface area contributed by atoms with Crippen molar-refractivity contribution >= 4 is 17.4 Å². The summed E-state index contributed by atoms with van der Waals surface area (Å²) < 4.78 is 5.48. The molecule has 0 spiro atoms. The van der Waals surface area contributed by atoms with Crippen LogP contribution in [0, 0.1) is 0 Å². The molecule has 0 aliphatic carbocycles. The van der Waals surface area contributed by atoms with Crippen molar-refractivity contribution < 1.29 is 9.53 Å². The van der Waals surface area contributed by atoms with Gasteiger partial charge in [-0.05, 0) is 37.6 Å². The van der Waals surface area contributed by atoms with Crippen LogP contribution in [0.5, 0.6) is 5.75 Å². The van der Waals surface area contributed by atoms with Crippen molar-refractivity contribution in [3.63, 3.8) is 0 Å². The van der Waals surface area contributed by atoms with E-state index in [9.17, 15) is 4.79 Å². The Balaban J connectivity index is 1.73. The van der Waals surface area contributed by atoms with Gasteiger partial charge < -0.3 is 10.1 Å². The van der Waals surface area contributed by atoms with Gasteiger partial charge in [-0.1, -0.05) is 17.7 Å². The van der Waals surface area contributed by atoms with E-state index in [-0.39, 0.29) is 11.8 Å². The number of carbonyl (C=O) groups is 1. The lowest BCUT2D eigenvalue weighted by atomic mass is 10.1. The molecule has 3 nitrogen and oxygen atoms in total. The summed E-state index contributed by atoms with van der Waals surface area (Å²) in [7, 11) is 0. The second-order valence-corrected chi connectivity index (χ2v) is 4.61. The zero-order valence-electron chi connectivity index (χ0n) is 9.62. The van der Waals surface area contributed by atoms with Gasteiger partial charge in [0.25, 0.3) is 0 Å². The number of nitrogens with one attached hydrogen (secondary N) is 1. The lowest BCUT2D eigenvalue weighted by molar-refractivity contribution is -0.121. The highest BCUT2D eigenvalue weighted by Crippen LogP contribution is 2.17. The summed E-state index contributed by atoms with van der Waals surface area (Å²) in [6.07, 6.45) is 2.49. The Bertz CT molecular complexity index is 389. The maximum atomic E-state index is 11.7. The van der Waals surface area contributed by atoms with E-state index in [4.69, 9.17) is 16.3 Å². The quantitative estimate of drug-likeness (QED) is 0.876. The van der Waals surface area contributed by atoms with Gasteiger partial charge in [0.1, 0.15) is 5.75 Å². The monoisotopic (exact) mass is 253 g/mol. The molecule has 2 rings (SSSR count). The van der Waals surface area contributed by atoms with Crippen LogP contribution in [-0.2, 0) is 4.79 Å². The molecule has 0 saturated carbocycles. The van der Waals surface area contributed by atoms with E-state index >= 15 is 0 Å². The number of hydrogen-bond acceptors (Lipinski definition) is 3. The molecule has 1 fully saturated rings. The summed E-state index contributed by atoms with van der Waals surface area (Å²) in [6, 6.07) is 7.25. The molecule has 17 heavy (non-hydrogen) atoms. The second-order valence-electron chi connectivity index (χ2n) is 4.17. The van der Waals surface area contributed by atoms with Gasteiger partial charge in [0, 0.05) is 11.4 Å². The Kier molecular flexibility index (Phi) is 4.40. The normalized spacial score (nSPS) is 19.2. The molecular formula is C13H16ClNO2. The van der Waals surface area contributed by atoms with E-state index < -0.39 is 0 Å². The van der Waals surface area contributed by atoms with Crippen LogP contribution in [0.25, 0.3) is 0 Å². The number of ketones is 1. The predicted octanol–water partition coefficient (Wildman–Crippen LogP) is 2.43. The number of Topliss-reactive ketones (excluding diaryl/α,β-unsaturated/α-hetero) is 1. The third kappa shape index (κ3) is 3.72. The van der Waals surface area contributed by atoms with Gasteiger partial charge in [-0.2, -0.15) is 0 Å². The Morgan fingerprint density at radius 1 is 1.53 bits per heavy atom. The van der Waals surface area contributed by atoms with Crippen LogP contribution in [0.1, 0.15) is 19.3 Å². The molecule has 1 N–H and O–H groups in total. The minimum atomic E-state index is 0.0398. The molecule has 1 saturated heterocycles. The van der Waals surface area contributed by atoms with Gasteiger partial charge in [0.05, 0.1) is 12.6 Å². The average molecular weight is 254 g/mol. The van der Waals surface area contributed by atoms with Gasteiger partial charge in [0.15, 0.2) is 5.78 Å². The van der Waals surface area contributed by atoms with Gasteiger partial charge >= 0.3 is 0 Å². The Labute approximate surface area is 106 Å². The fraction of sp³-hybridized carbons (Fsp3) is 0.462. The molecule has 0 bridgehead atoms. The molecule has 1 atom stereocenters. The van der Waals surface area contributed by atoms with E-state index in [1.165, 1.54) is 0 Å². The first-order valence-electron chi connectivity index (χ1n) is 5.90. The molecule has 0 radical (unpaired) electrons. The summed E-state index contributed by atoms with van der Waals surface area (Å²) in [5, 5.41) is 3.83. The lowest BCUT2D eigenvalue weighted by Gasteiger charge is -2.10. The zero-order chi connectivity index (χ0) is 12.1. The Hall–Kier alpha value is -1.06. The Morgan fingerprint density at radius 3 is 3.12 bits per heavy atom. The maximum absolute atomic E-state index is 11.7. The smallest absolute Gasteiger partial charge is 0.153 e. The van der Waals surface area contributed by atoms with E-state index in [2.05, 4.69) is 5.32 Å². The third-order valence-electron chi connectivity index (χ3n) is 2.86. The van der Waals surface area contributed by atoms with Gasteiger partial charge in [-0.15, -0.1) is 0 Å². The van der Waals surface area contributed by atoms with Gasteiger partial charge in [-0.3, -0.25) is 4.79 Å². The van der Waals surface area contributed by atoms with Crippen LogP contribution in [0.4, 0.5) is 0 Å². The Morgan fingerprint density at radius 2 is 2.41 bits per heavy atom. The largest absolute Gasteiger partial charge is 0.493 e. The van der Waals surface area contributed by atoms with E-state index in [1.54, 1.807) is 12.1 Å². The lowest BCUT2D eigenvalue weighted by Crippen LogP contribution is -2.31. The fourth-order valence-electron chi connectivity index (χ4n) is 1.96. The minimum Gasteiger partial charge on any atom is -0.493 e. The summed E-state index contributed by atoms with van der Waals surface area (Å²) in [6.45, 7) is 1.36. The van der Waals surface area contributed by atoms with Crippen LogP contribution in [0.15, 0.2) is 24.3 Å². The van der Waals surface area contributed by atoms with Crippen LogP contribution >= 0.6 is 11.6 Å². The van der Waals surface area contributed by atoms with E-state index in [0.717, 1.165) is 19.4 Å². The van der Waals surface area contributed by atoms with Crippen molar-refractivity contribution in [2.45, 2.75) is 25.3 Å². The molecule has 0 amide bonds. The summed E-state index contributed by atoms with van der Waals surface area (Å²) >= 11 is 5.83. The van der Waals surface area contributed by atoms with Crippen LogP contribution in [0.2, 0.25) is 5.02 Å². The highest BCUT2D eigenvalue weighted by atomic mass is 35.5. The topological polar surface area (TPSA) is 38.3 Å². The molecule has 1 aromatic rings. The number of rotatable bonds is 5. The molecule has 92 valence electrons. The predicted molar refractivity (Wildman–Crippen MR) is 67.6 cm³/mol. The summed E-state index contributed by atoms with van der Waals surface area (Å²) in [4.78, 5) is 11.7. The average Bonchev–Trinajstić information content (AvgIpc) is 2.82. The van der Waals surface area contributed by atoms with Crippen molar-refractivity contribution in [2.24, 2.45) is 0 Å². The molecule has 1 heterocycles.